The summed E-state index contributed by atoms with van der Waals surface area (Å²) < 4.78 is 51.9. The van der Waals surface area contributed by atoms with Gasteiger partial charge in [0, 0.05) is 17.3 Å². The molecule has 0 spiro atoms. The maximum absolute atomic E-state index is 14.0. The summed E-state index contributed by atoms with van der Waals surface area (Å²) >= 11 is 0. The van der Waals surface area contributed by atoms with Gasteiger partial charge in [0.1, 0.15) is 11.6 Å². The van der Waals surface area contributed by atoms with Crippen molar-refractivity contribution in [2.45, 2.75) is 13.0 Å². The molecule has 0 fully saturated rings. The molecule has 0 saturated heterocycles. The molecule has 2 heterocycles. The summed E-state index contributed by atoms with van der Waals surface area (Å²) in [6.45, 7) is 1.64. The maximum Gasteiger partial charge on any atom is 0.327 e. The van der Waals surface area contributed by atoms with Gasteiger partial charge in [-0.3, -0.25) is 4.90 Å². The first-order valence-electron chi connectivity index (χ1n) is 10.9. The van der Waals surface area contributed by atoms with Crippen molar-refractivity contribution in [3.05, 3.63) is 101 Å². The van der Waals surface area contributed by atoms with Gasteiger partial charge in [0.15, 0.2) is 11.6 Å². The van der Waals surface area contributed by atoms with E-state index in [9.17, 15) is 18.0 Å². The van der Waals surface area contributed by atoms with Gasteiger partial charge in [-0.25, -0.2) is 18.0 Å². The number of hydrogen-bond acceptors (Lipinski definition) is 5. The van der Waals surface area contributed by atoms with Gasteiger partial charge >= 0.3 is 6.03 Å². The Kier molecular flexibility index (Phi) is 5.93. The Morgan fingerprint density at radius 2 is 1.78 bits per heavy atom. The summed E-state index contributed by atoms with van der Waals surface area (Å²) in [6, 6.07) is 14.5. The molecular weight excluding hydrogens is 473 g/mol. The van der Waals surface area contributed by atoms with Crippen molar-refractivity contribution in [1.29, 1.82) is 0 Å². The number of nitrogens with zero attached hydrogens (tertiary/aromatic N) is 3. The van der Waals surface area contributed by atoms with Gasteiger partial charge in [-0.2, -0.15) is 4.98 Å². The number of carbonyl (C=O) groups is 1. The highest BCUT2D eigenvalue weighted by atomic mass is 19.2. The van der Waals surface area contributed by atoms with Gasteiger partial charge in [-0.05, 0) is 61.0 Å². The van der Waals surface area contributed by atoms with E-state index in [-0.39, 0.29) is 17.4 Å². The third-order valence-corrected chi connectivity index (χ3v) is 5.83. The number of methoxy groups -OCH3 is 1. The molecule has 1 aromatic heterocycles. The van der Waals surface area contributed by atoms with Gasteiger partial charge in [-0.1, -0.05) is 17.3 Å². The quantitative estimate of drug-likeness (QED) is 0.377. The largest absolute Gasteiger partial charge is 0.497 e. The molecule has 1 aliphatic heterocycles. The van der Waals surface area contributed by atoms with Crippen molar-refractivity contribution >= 4 is 17.3 Å². The van der Waals surface area contributed by atoms with Gasteiger partial charge < -0.3 is 14.6 Å². The monoisotopic (exact) mass is 492 g/mol. The second-order valence-electron chi connectivity index (χ2n) is 8.02. The average Bonchev–Trinajstić information content (AvgIpc) is 3.36. The molecule has 5 rings (SSSR count). The van der Waals surface area contributed by atoms with Crippen molar-refractivity contribution in [1.82, 2.24) is 15.5 Å². The lowest BCUT2D eigenvalue weighted by atomic mass is 9.94. The average molecular weight is 492 g/mol. The lowest BCUT2D eigenvalue weighted by Crippen LogP contribution is -2.46. The minimum atomic E-state index is -1.10. The molecule has 10 heteroatoms. The molecule has 36 heavy (non-hydrogen) atoms. The number of rotatable bonds is 5. The first kappa shape index (κ1) is 23.2. The number of hydrogen-bond donors (Lipinski definition) is 1. The molecule has 1 N–H and O–H groups in total. The van der Waals surface area contributed by atoms with Crippen LogP contribution in [-0.4, -0.2) is 23.3 Å². The van der Waals surface area contributed by atoms with Gasteiger partial charge in [0.2, 0.25) is 5.82 Å². The Balaban J connectivity index is 1.66. The number of carbonyl (C=O) groups excluding carboxylic acids is 1. The molecular formula is C26H19F3N4O3. The van der Waals surface area contributed by atoms with Crippen LogP contribution >= 0.6 is 0 Å². The minimum absolute atomic E-state index is 0.0900. The summed E-state index contributed by atoms with van der Waals surface area (Å²) in [7, 11) is 1.53. The summed E-state index contributed by atoms with van der Waals surface area (Å²) in [6.07, 6.45) is 0. The van der Waals surface area contributed by atoms with Crippen LogP contribution in [0.5, 0.6) is 5.75 Å². The third-order valence-electron chi connectivity index (χ3n) is 5.83. The second-order valence-corrected chi connectivity index (χ2v) is 8.02. The van der Waals surface area contributed by atoms with E-state index in [0.29, 0.717) is 28.1 Å². The van der Waals surface area contributed by atoms with Crippen LogP contribution in [0.25, 0.3) is 17.0 Å². The highest BCUT2D eigenvalue weighted by molar-refractivity contribution is 6.01. The van der Waals surface area contributed by atoms with Crippen molar-refractivity contribution in [3.63, 3.8) is 0 Å². The van der Waals surface area contributed by atoms with Crippen molar-refractivity contribution in [2.24, 2.45) is 0 Å². The van der Waals surface area contributed by atoms with Gasteiger partial charge in [0.05, 0.1) is 24.4 Å². The predicted molar refractivity (Wildman–Crippen MR) is 125 cm³/mol. The number of ether oxygens (including phenoxy) is 1. The van der Waals surface area contributed by atoms with Crippen LogP contribution in [0, 0.1) is 17.5 Å². The Morgan fingerprint density at radius 3 is 2.50 bits per heavy atom. The molecule has 0 bridgehead atoms. The molecule has 2 amide bonds. The predicted octanol–water partition coefficient (Wildman–Crippen LogP) is 5.86. The lowest BCUT2D eigenvalue weighted by molar-refractivity contribution is 0.244. The molecule has 3 aromatic carbocycles. The number of amides is 2. The van der Waals surface area contributed by atoms with Gasteiger partial charge in [0.25, 0.3) is 5.89 Å². The van der Waals surface area contributed by atoms with Crippen molar-refractivity contribution in [3.8, 4) is 17.1 Å². The maximum atomic E-state index is 14.0. The van der Waals surface area contributed by atoms with E-state index in [1.54, 1.807) is 31.2 Å². The van der Waals surface area contributed by atoms with E-state index < -0.39 is 29.5 Å². The molecule has 182 valence electrons. The van der Waals surface area contributed by atoms with E-state index in [0.717, 1.165) is 12.1 Å². The fourth-order valence-electron chi connectivity index (χ4n) is 4.08. The fourth-order valence-corrected chi connectivity index (χ4v) is 4.08. The van der Waals surface area contributed by atoms with Crippen LogP contribution in [0.15, 0.2) is 77.0 Å². The Bertz CT molecular complexity index is 1480. The Morgan fingerprint density at radius 1 is 1.00 bits per heavy atom. The minimum Gasteiger partial charge on any atom is -0.497 e. The molecule has 7 nitrogen and oxygen atoms in total. The van der Waals surface area contributed by atoms with Crippen LogP contribution in [0.4, 0.5) is 23.7 Å². The van der Waals surface area contributed by atoms with Crippen LogP contribution in [0.3, 0.4) is 0 Å². The molecule has 1 atom stereocenters. The number of nitrogens with one attached hydrogen (secondary N) is 1. The number of urea groups is 1. The normalized spacial score (nSPS) is 15.8. The highest BCUT2D eigenvalue weighted by Crippen LogP contribution is 2.40. The standard InChI is InChI=1S/C26H19F3N4O3/c1-14-22(25-31-24(32-36-25)15-6-8-17(27)9-7-15)23(16-4-3-5-19(12-16)35-2)30-26(34)33(14)18-10-11-20(28)21(29)13-18/h3-13,23H,1-2H3,(H,30,34). The van der Waals surface area contributed by atoms with Gasteiger partial charge in [-0.15, -0.1) is 0 Å². The number of anilines is 1. The topological polar surface area (TPSA) is 80.5 Å². The zero-order valence-electron chi connectivity index (χ0n) is 19.1. The highest BCUT2D eigenvalue weighted by Gasteiger charge is 2.37. The lowest BCUT2D eigenvalue weighted by Gasteiger charge is -2.35. The number of aromatic nitrogens is 2. The molecule has 1 unspecified atom stereocenters. The number of allylic oxidation sites excluding steroid dienone is 1. The first-order valence-corrected chi connectivity index (χ1v) is 10.9. The zero-order chi connectivity index (χ0) is 25.4. The van der Waals surface area contributed by atoms with Crippen molar-refractivity contribution < 1.29 is 27.2 Å². The van der Waals surface area contributed by atoms with E-state index in [1.165, 1.54) is 42.3 Å². The summed E-state index contributed by atoms with van der Waals surface area (Å²) in [5.74, 6) is -1.66. The zero-order valence-corrected chi connectivity index (χ0v) is 19.1. The van der Waals surface area contributed by atoms with Crippen LogP contribution in [-0.2, 0) is 0 Å². The number of benzene rings is 3. The molecule has 1 aliphatic rings. The van der Waals surface area contributed by atoms with Crippen LogP contribution in [0.1, 0.15) is 24.4 Å². The Hall–Kier alpha value is -4.60. The molecule has 4 aromatic rings. The molecule has 0 aliphatic carbocycles. The van der Waals surface area contributed by atoms with E-state index in [2.05, 4.69) is 15.5 Å². The van der Waals surface area contributed by atoms with Crippen LogP contribution < -0.4 is 15.0 Å². The molecule has 0 saturated carbocycles. The third kappa shape index (κ3) is 4.17. The smallest absolute Gasteiger partial charge is 0.327 e. The van der Waals surface area contributed by atoms with E-state index >= 15 is 0 Å². The summed E-state index contributed by atoms with van der Waals surface area (Å²) in [5.41, 5.74) is 2.12. The summed E-state index contributed by atoms with van der Waals surface area (Å²) in [4.78, 5) is 18.9. The summed E-state index contributed by atoms with van der Waals surface area (Å²) in [5, 5.41) is 6.90. The van der Waals surface area contributed by atoms with E-state index in [1.807, 2.05) is 0 Å². The van der Waals surface area contributed by atoms with Crippen LogP contribution in [0.2, 0.25) is 0 Å². The molecule has 0 radical (unpaired) electrons. The fraction of sp³-hybridized carbons (Fsp3) is 0.115. The first-order chi connectivity index (χ1) is 17.4. The number of halogens is 3. The van der Waals surface area contributed by atoms with Crippen molar-refractivity contribution in [2.75, 3.05) is 12.0 Å². The van der Waals surface area contributed by atoms with E-state index in [4.69, 9.17) is 9.26 Å². The second kappa shape index (κ2) is 9.21. The SMILES string of the molecule is COc1cccc(C2NC(=O)N(c3ccc(F)c(F)c3)C(C)=C2c2nc(-c3ccc(F)cc3)no2)c1. The Labute approximate surface area is 203 Å².